The number of benzene rings is 3. The van der Waals surface area contributed by atoms with Crippen LogP contribution in [0.5, 0.6) is 0 Å². The number of halogens is 1. The predicted molar refractivity (Wildman–Crippen MR) is 120 cm³/mol. The average molecular weight is 431 g/mol. The number of rotatable bonds is 7. The molecule has 5 nitrogen and oxygen atoms in total. The van der Waals surface area contributed by atoms with E-state index in [4.69, 9.17) is 9.84 Å². The first-order valence-corrected chi connectivity index (χ1v) is 10.3. The Kier molecular flexibility index (Phi) is 6.31. The number of hydrogen-bond donors (Lipinski definition) is 2. The molecule has 1 aliphatic carbocycles. The van der Waals surface area contributed by atoms with Crippen molar-refractivity contribution in [3.8, 4) is 11.1 Å². The summed E-state index contributed by atoms with van der Waals surface area (Å²) in [6.07, 6.45) is 3.48. The standard InChI is InChI=1S/C26H22FNO4/c27-24-15-17(12-13-22(24)25(29)30)7-5-6-14-28-26(31)32-16-23-20-10-3-1-8-18(20)19-9-2-4-11-21(19)23/h1-5,7-13,15,23H,6,14,16H2,(H,28,31)(H,29,30). The second-order valence-electron chi connectivity index (χ2n) is 7.49. The number of carbonyl (C=O) groups excluding carboxylic acids is 1. The van der Waals surface area contributed by atoms with Crippen LogP contribution in [0, 0.1) is 5.82 Å². The monoisotopic (exact) mass is 431 g/mol. The number of ether oxygens (including phenoxy) is 1. The van der Waals surface area contributed by atoms with E-state index in [0.717, 1.165) is 11.1 Å². The first kappa shape index (κ1) is 21.3. The van der Waals surface area contributed by atoms with Crippen molar-refractivity contribution in [1.82, 2.24) is 5.32 Å². The lowest BCUT2D eigenvalue weighted by Gasteiger charge is -2.14. The highest BCUT2D eigenvalue weighted by molar-refractivity contribution is 5.88. The zero-order valence-electron chi connectivity index (χ0n) is 17.3. The zero-order chi connectivity index (χ0) is 22.5. The number of fused-ring (bicyclic) bond motifs is 3. The first-order chi connectivity index (χ1) is 15.5. The van der Waals surface area contributed by atoms with E-state index in [2.05, 4.69) is 29.6 Å². The van der Waals surface area contributed by atoms with Crippen LogP contribution in [0.4, 0.5) is 9.18 Å². The Bertz CT molecular complexity index is 1140. The van der Waals surface area contributed by atoms with Gasteiger partial charge in [0.05, 0.1) is 5.56 Å². The van der Waals surface area contributed by atoms with Crippen LogP contribution in [-0.2, 0) is 4.74 Å². The minimum absolute atomic E-state index is 0.0108. The molecule has 3 aromatic carbocycles. The van der Waals surface area contributed by atoms with Crippen molar-refractivity contribution in [3.05, 3.63) is 101 Å². The number of aromatic carboxylic acids is 1. The molecule has 0 aliphatic heterocycles. The van der Waals surface area contributed by atoms with Gasteiger partial charge in [-0.15, -0.1) is 0 Å². The molecule has 0 atom stereocenters. The van der Waals surface area contributed by atoms with Gasteiger partial charge in [-0.05, 0) is 46.4 Å². The van der Waals surface area contributed by atoms with Gasteiger partial charge in [0.1, 0.15) is 12.4 Å². The molecular weight excluding hydrogens is 409 g/mol. The van der Waals surface area contributed by atoms with Crippen LogP contribution in [0.15, 0.2) is 72.8 Å². The summed E-state index contributed by atoms with van der Waals surface area (Å²) in [6.45, 7) is 0.619. The Morgan fingerprint density at radius 1 is 1.00 bits per heavy atom. The van der Waals surface area contributed by atoms with Gasteiger partial charge in [-0.3, -0.25) is 0 Å². The van der Waals surface area contributed by atoms with Crippen LogP contribution in [-0.4, -0.2) is 30.3 Å². The van der Waals surface area contributed by atoms with E-state index in [1.54, 1.807) is 12.2 Å². The molecule has 0 saturated carbocycles. The fraction of sp³-hybridized carbons (Fsp3) is 0.154. The Balaban J connectivity index is 1.26. The molecule has 4 rings (SSSR count). The van der Waals surface area contributed by atoms with Gasteiger partial charge in [-0.1, -0.05) is 66.7 Å². The molecule has 0 spiro atoms. The van der Waals surface area contributed by atoms with Crippen LogP contribution in [0.3, 0.4) is 0 Å². The summed E-state index contributed by atoms with van der Waals surface area (Å²) < 4.78 is 19.2. The molecule has 0 radical (unpaired) electrons. The van der Waals surface area contributed by atoms with Gasteiger partial charge in [-0.25, -0.2) is 14.0 Å². The maximum absolute atomic E-state index is 13.7. The molecule has 32 heavy (non-hydrogen) atoms. The molecule has 1 amide bonds. The largest absolute Gasteiger partial charge is 0.478 e. The van der Waals surface area contributed by atoms with E-state index in [9.17, 15) is 14.0 Å². The molecule has 3 aromatic rings. The third kappa shape index (κ3) is 4.54. The van der Waals surface area contributed by atoms with E-state index in [0.29, 0.717) is 18.5 Å². The number of carboxylic acids is 1. The van der Waals surface area contributed by atoms with Crippen molar-refractivity contribution in [2.75, 3.05) is 13.2 Å². The fourth-order valence-electron chi connectivity index (χ4n) is 3.93. The van der Waals surface area contributed by atoms with Gasteiger partial charge in [0.15, 0.2) is 0 Å². The minimum atomic E-state index is -1.30. The number of amides is 1. The molecule has 2 N–H and O–H groups in total. The second kappa shape index (κ2) is 9.47. The number of nitrogens with one attached hydrogen (secondary N) is 1. The molecule has 0 bridgehead atoms. The molecule has 0 unspecified atom stereocenters. The summed E-state index contributed by atoms with van der Waals surface area (Å²) in [5.41, 5.74) is 4.86. The van der Waals surface area contributed by atoms with E-state index in [-0.39, 0.29) is 18.1 Å². The van der Waals surface area contributed by atoms with Gasteiger partial charge in [0, 0.05) is 12.5 Å². The fourth-order valence-corrected chi connectivity index (χ4v) is 3.93. The highest BCUT2D eigenvalue weighted by atomic mass is 19.1. The summed E-state index contributed by atoms with van der Waals surface area (Å²) in [7, 11) is 0. The Labute approximate surface area is 185 Å². The average Bonchev–Trinajstić information content (AvgIpc) is 3.11. The molecule has 0 saturated heterocycles. The lowest BCUT2D eigenvalue weighted by Crippen LogP contribution is -2.26. The van der Waals surface area contributed by atoms with Crippen molar-refractivity contribution >= 4 is 18.1 Å². The molecule has 0 fully saturated rings. The van der Waals surface area contributed by atoms with Crippen LogP contribution in [0.1, 0.15) is 39.4 Å². The summed E-state index contributed by atoms with van der Waals surface area (Å²) in [5, 5.41) is 11.6. The third-order valence-corrected chi connectivity index (χ3v) is 5.46. The molecule has 6 heteroatoms. The lowest BCUT2D eigenvalue weighted by molar-refractivity contribution is 0.0691. The first-order valence-electron chi connectivity index (χ1n) is 10.3. The van der Waals surface area contributed by atoms with Crippen LogP contribution in [0.25, 0.3) is 17.2 Å². The van der Waals surface area contributed by atoms with Gasteiger partial charge in [0.25, 0.3) is 0 Å². The van der Waals surface area contributed by atoms with Crippen LogP contribution in [0.2, 0.25) is 0 Å². The SMILES string of the molecule is O=C(NCCC=Cc1ccc(C(=O)O)c(F)c1)OCC1c2ccccc2-c2ccccc21. The van der Waals surface area contributed by atoms with Gasteiger partial charge in [-0.2, -0.15) is 0 Å². The minimum Gasteiger partial charge on any atom is -0.478 e. The molecule has 1 aliphatic rings. The van der Waals surface area contributed by atoms with Gasteiger partial charge < -0.3 is 15.2 Å². The topological polar surface area (TPSA) is 75.6 Å². The normalized spacial score (nSPS) is 12.4. The summed E-state index contributed by atoms with van der Waals surface area (Å²) in [6, 6.07) is 20.2. The van der Waals surface area contributed by atoms with E-state index in [1.165, 1.54) is 29.3 Å². The maximum Gasteiger partial charge on any atom is 0.407 e. The van der Waals surface area contributed by atoms with Crippen molar-refractivity contribution in [2.45, 2.75) is 12.3 Å². The van der Waals surface area contributed by atoms with E-state index >= 15 is 0 Å². The quantitative estimate of drug-likeness (QED) is 0.487. The smallest absolute Gasteiger partial charge is 0.407 e. The Morgan fingerprint density at radius 2 is 1.66 bits per heavy atom. The number of carbonyl (C=O) groups is 2. The Hall–Kier alpha value is -3.93. The molecular formula is C26H22FNO4. The highest BCUT2D eigenvalue weighted by Crippen LogP contribution is 2.44. The Morgan fingerprint density at radius 3 is 2.28 bits per heavy atom. The number of alkyl carbamates (subject to hydrolysis) is 1. The van der Waals surface area contributed by atoms with Crippen molar-refractivity contribution in [3.63, 3.8) is 0 Å². The van der Waals surface area contributed by atoms with Crippen molar-refractivity contribution < 1.29 is 23.8 Å². The summed E-state index contributed by atoms with van der Waals surface area (Å²) in [4.78, 5) is 23.0. The van der Waals surface area contributed by atoms with E-state index in [1.807, 2.05) is 24.3 Å². The summed E-state index contributed by atoms with van der Waals surface area (Å²) >= 11 is 0. The van der Waals surface area contributed by atoms with Crippen LogP contribution >= 0.6 is 0 Å². The second-order valence-corrected chi connectivity index (χ2v) is 7.49. The maximum atomic E-state index is 13.7. The van der Waals surface area contributed by atoms with Crippen molar-refractivity contribution in [2.24, 2.45) is 0 Å². The number of hydrogen-bond acceptors (Lipinski definition) is 3. The van der Waals surface area contributed by atoms with E-state index < -0.39 is 17.9 Å². The molecule has 0 aromatic heterocycles. The highest BCUT2D eigenvalue weighted by Gasteiger charge is 2.28. The molecule has 162 valence electrons. The van der Waals surface area contributed by atoms with Crippen LogP contribution < -0.4 is 5.32 Å². The van der Waals surface area contributed by atoms with Crippen molar-refractivity contribution in [1.29, 1.82) is 0 Å². The van der Waals surface area contributed by atoms with Gasteiger partial charge in [0.2, 0.25) is 0 Å². The predicted octanol–water partition coefficient (Wildman–Crippen LogP) is 5.47. The third-order valence-electron chi connectivity index (χ3n) is 5.46. The zero-order valence-corrected chi connectivity index (χ0v) is 17.3. The van der Waals surface area contributed by atoms with Gasteiger partial charge >= 0.3 is 12.1 Å². The lowest BCUT2D eigenvalue weighted by atomic mass is 9.98. The molecule has 0 heterocycles. The number of carboxylic acid groups (broad SMARTS) is 1. The summed E-state index contributed by atoms with van der Waals surface area (Å²) in [5.74, 6) is -2.07.